The highest BCUT2D eigenvalue weighted by atomic mass is 16.5. The first-order chi connectivity index (χ1) is 24.6. The molecule has 5 aromatic rings. The van der Waals surface area contributed by atoms with E-state index in [0.717, 1.165) is 74.2 Å². The van der Waals surface area contributed by atoms with E-state index in [4.69, 9.17) is 9.72 Å². The molecular weight excluding hydrogens is 648 g/mol. The fraction of sp³-hybridized carbons (Fsp3) is 0.395. The number of carbonyl (C=O) groups is 3. The molecule has 51 heavy (non-hydrogen) atoms. The Balaban J connectivity index is 1.24. The first-order valence-electron chi connectivity index (χ1n) is 17.4. The maximum absolute atomic E-state index is 13.1. The number of ether oxygens (including phenoxy) is 2. The summed E-state index contributed by atoms with van der Waals surface area (Å²) < 4.78 is 11.0. The number of likely N-dealkylation sites (N-methyl/N-ethyl adjacent to an activating group) is 1. The minimum atomic E-state index is -0.650. The molecule has 0 bridgehead atoms. The van der Waals surface area contributed by atoms with Crippen LogP contribution in [0.15, 0.2) is 48.7 Å². The van der Waals surface area contributed by atoms with Crippen LogP contribution in [0.1, 0.15) is 57.7 Å². The fourth-order valence-electron chi connectivity index (χ4n) is 6.49. The molecule has 3 amide bonds. The summed E-state index contributed by atoms with van der Waals surface area (Å²) in [6, 6.07) is 14.6. The summed E-state index contributed by atoms with van der Waals surface area (Å²) in [5.41, 5.74) is 6.72. The summed E-state index contributed by atoms with van der Waals surface area (Å²) in [5.74, 6) is 2.00. The van der Waals surface area contributed by atoms with E-state index in [0.29, 0.717) is 19.0 Å². The molecule has 0 spiro atoms. The highest BCUT2D eigenvalue weighted by molar-refractivity contribution is 6.07. The van der Waals surface area contributed by atoms with Gasteiger partial charge in [0, 0.05) is 23.0 Å². The Labute approximate surface area is 297 Å². The number of nitrogens with one attached hydrogen (secondary N) is 4. The van der Waals surface area contributed by atoms with Gasteiger partial charge in [-0.3, -0.25) is 9.59 Å². The third kappa shape index (κ3) is 7.39. The summed E-state index contributed by atoms with van der Waals surface area (Å²) in [6.45, 7) is 9.34. The van der Waals surface area contributed by atoms with Gasteiger partial charge in [0.25, 0.3) is 0 Å². The molecule has 2 aromatic heterocycles. The van der Waals surface area contributed by atoms with E-state index >= 15 is 0 Å². The number of H-pyrrole nitrogens is 2. The summed E-state index contributed by atoms with van der Waals surface area (Å²) in [4.78, 5) is 57.3. The molecule has 13 nitrogen and oxygen atoms in total. The van der Waals surface area contributed by atoms with Crippen molar-refractivity contribution in [3.8, 4) is 28.1 Å². The predicted octanol–water partition coefficient (Wildman–Crippen LogP) is 5.50. The maximum Gasteiger partial charge on any atom is 0.407 e. The van der Waals surface area contributed by atoms with Gasteiger partial charge in [-0.1, -0.05) is 32.0 Å². The number of aromatic nitrogens is 4. The molecule has 268 valence electrons. The minimum absolute atomic E-state index is 0.0435. The highest BCUT2D eigenvalue weighted by Crippen LogP contribution is 2.42. The third-order valence-electron chi connectivity index (χ3n) is 9.76. The number of aromatic amines is 2. The number of amides is 3. The van der Waals surface area contributed by atoms with E-state index in [1.54, 1.807) is 11.9 Å². The quantitative estimate of drug-likeness (QED) is 0.126. The monoisotopic (exact) mass is 694 g/mol. The second-order valence-corrected chi connectivity index (χ2v) is 13.1. The zero-order valence-corrected chi connectivity index (χ0v) is 30.1. The van der Waals surface area contributed by atoms with Gasteiger partial charge < -0.3 is 39.9 Å². The van der Waals surface area contributed by atoms with Crippen LogP contribution >= 0.6 is 0 Å². The summed E-state index contributed by atoms with van der Waals surface area (Å²) in [7, 11) is 3.04. The number of nitrogens with zero attached hydrogens (tertiary/aromatic N) is 4. The van der Waals surface area contributed by atoms with Crippen molar-refractivity contribution in [3.05, 3.63) is 65.9 Å². The van der Waals surface area contributed by atoms with Crippen LogP contribution < -0.4 is 15.4 Å². The van der Waals surface area contributed by atoms with Gasteiger partial charge in [0.15, 0.2) is 0 Å². The lowest BCUT2D eigenvalue weighted by Gasteiger charge is -2.27. The Morgan fingerprint density at radius 2 is 1.65 bits per heavy atom. The summed E-state index contributed by atoms with van der Waals surface area (Å²) in [5, 5.41) is 7.41. The van der Waals surface area contributed by atoms with Gasteiger partial charge in [-0.2, -0.15) is 0 Å². The Hall–Kier alpha value is -5.43. The first-order valence-corrected chi connectivity index (χ1v) is 17.4. The van der Waals surface area contributed by atoms with Crippen molar-refractivity contribution in [2.75, 3.05) is 27.2 Å². The lowest BCUT2D eigenvalue weighted by molar-refractivity contribution is -0.133. The zero-order chi connectivity index (χ0) is 36.2. The second kappa shape index (κ2) is 15.2. The van der Waals surface area contributed by atoms with Crippen molar-refractivity contribution in [2.45, 2.75) is 72.3 Å². The largest absolute Gasteiger partial charge is 0.488 e. The number of carbonyl (C=O) groups excluding carboxylic acids is 3. The van der Waals surface area contributed by atoms with Gasteiger partial charge in [-0.25, -0.2) is 14.8 Å². The summed E-state index contributed by atoms with van der Waals surface area (Å²) in [6.07, 6.45) is 2.78. The van der Waals surface area contributed by atoms with Gasteiger partial charge in [0.1, 0.15) is 30.5 Å². The average molecular weight is 695 g/mol. The Kier molecular flexibility index (Phi) is 10.6. The van der Waals surface area contributed by atoms with Crippen LogP contribution in [-0.4, -0.2) is 87.0 Å². The fourth-order valence-corrected chi connectivity index (χ4v) is 6.49. The SMILES string of the molecule is CC[C@H](C)N(Cc1ncc(-c2ccc3c(c2)COc2cc4c(ccc5[nH]c(CN(C(=O)CNC(=O)OC)[C@@H](C)CC)nc54)cc2-3)[nH]1)C(=O)CNC. The number of benzene rings is 3. The smallest absolute Gasteiger partial charge is 0.407 e. The molecule has 3 heterocycles. The van der Waals surface area contributed by atoms with E-state index in [1.807, 2.05) is 37.1 Å². The van der Waals surface area contributed by atoms with E-state index < -0.39 is 6.09 Å². The molecule has 0 radical (unpaired) electrons. The number of alkyl carbamates (subject to hydrolysis) is 1. The zero-order valence-electron chi connectivity index (χ0n) is 30.1. The molecule has 2 atom stereocenters. The molecule has 0 aliphatic carbocycles. The van der Waals surface area contributed by atoms with Gasteiger partial charge >= 0.3 is 6.09 Å². The van der Waals surface area contributed by atoms with Crippen LogP contribution in [0.25, 0.3) is 44.2 Å². The van der Waals surface area contributed by atoms with Gasteiger partial charge in [0.2, 0.25) is 11.8 Å². The summed E-state index contributed by atoms with van der Waals surface area (Å²) >= 11 is 0. The number of hydrogen-bond acceptors (Lipinski definition) is 8. The van der Waals surface area contributed by atoms with E-state index in [-0.39, 0.29) is 43.5 Å². The van der Waals surface area contributed by atoms with Crippen LogP contribution in [0.3, 0.4) is 0 Å². The van der Waals surface area contributed by atoms with Crippen LogP contribution in [0.4, 0.5) is 4.79 Å². The van der Waals surface area contributed by atoms with Crippen molar-refractivity contribution < 1.29 is 23.9 Å². The van der Waals surface area contributed by atoms with Crippen molar-refractivity contribution >= 4 is 39.7 Å². The molecule has 4 N–H and O–H groups in total. The molecule has 0 unspecified atom stereocenters. The Morgan fingerprint density at radius 1 is 0.922 bits per heavy atom. The van der Waals surface area contributed by atoms with Crippen molar-refractivity contribution in [3.63, 3.8) is 0 Å². The van der Waals surface area contributed by atoms with E-state index in [2.05, 4.69) is 74.5 Å². The lowest BCUT2D eigenvalue weighted by Crippen LogP contribution is -2.44. The molecule has 3 aromatic carbocycles. The van der Waals surface area contributed by atoms with E-state index in [1.165, 1.54) is 7.11 Å². The van der Waals surface area contributed by atoms with Crippen LogP contribution in [0, 0.1) is 0 Å². The molecular formula is C38H46N8O5. The molecule has 0 fully saturated rings. The Morgan fingerprint density at radius 3 is 2.35 bits per heavy atom. The van der Waals surface area contributed by atoms with E-state index in [9.17, 15) is 14.4 Å². The number of imidazole rings is 2. The normalized spacial score (nSPS) is 13.2. The molecule has 0 saturated carbocycles. The lowest BCUT2D eigenvalue weighted by atomic mass is 9.92. The van der Waals surface area contributed by atoms with Crippen LogP contribution in [0.5, 0.6) is 5.75 Å². The Bertz CT molecular complexity index is 2070. The van der Waals surface area contributed by atoms with Crippen molar-refractivity contribution in [2.24, 2.45) is 0 Å². The van der Waals surface area contributed by atoms with Crippen molar-refractivity contribution in [1.29, 1.82) is 0 Å². The highest BCUT2D eigenvalue weighted by Gasteiger charge is 2.24. The molecule has 1 aliphatic rings. The predicted molar refractivity (Wildman–Crippen MR) is 196 cm³/mol. The molecule has 6 rings (SSSR count). The van der Waals surface area contributed by atoms with Crippen molar-refractivity contribution in [1.82, 2.24) is 40.4 Å². The van der Waals surface area contributed by atoms with Gasteiger partial charge in [-0.15, -0.1) is 0 Å². The topological polar surface area (TPSA) is 158 Å². The molecule has 1 aliphatic heterocycles. The average Bonchev–Trinajstić information content (AvgIpc) is 3.80. The van der Waals surface area contributed by atoms with Gasteiger partial charge in [0.05, 0.1) is 49.7 Å². The van der Waals surface area contributed by atoms with Gasteiger partial charge in [-0.05, 0) is 80.1 Å². The number of fused-ring (bicyclic) bond motifs is 6. The van der Waals surface area contributed by atoms with Crippen LogP contribution in [0.2, 0.25) is 0 Å². The second-order valence-electron chi connectivity index (χ2n) is 13.1. The first kappa shape index (κ1) is 35.4. The standard InChI is InChI=1S/C38H46N8O5/c1-7-22(3)45(35(47)17-39-5)19-33-40-16-31(43-33)25-9-11-27-26(13-25)21-51-32-15-28-24(14-29(27)32)10-12-30-37(28)44-34(42-30)20-46(23(4)8-2)36(48)18-41-38(49)50-6/h9-16,22-23,39H,7-8,17-21H2,1-6H3,(H,40,43)(H,41,49)(H,42,44)/t22-,23-/m0/s1. The molecule has 0 saturated heterocycles. The number of methoxy groups -OCH3 is 1. The third-order valence-corrected chi connectivity index (χ3v) is 9.76. The number of hydrogen-bond donors (Lipinski definition) is 4. The minimum Gasteiger partial charge on any atom is -0.488 e. The van der Waals surface area contributed by atoms with Crippen LogP contribution in [-0.2, 0) is 34.0 Å². The number of rotatable bonds is 13. The maximum atomic E-state index is 13.1. The molecule has 13 heteroatoms.